The largest absolute Gasteiger partial charge is 0.391 e. The Balaban J connectivity index is 1.66. The smallest absolute Gasteiger partial charge is 0.269 e. The van der Waals surface area contributed by atoms with Crippen molar-refractivity contribution in [2.45, 2.75) is 30.4 Å². The van der Waals surface area contributed by atoms with Gasteiger partial charge in [-0.3, -0.25) is 4.79 Å². The lowest BCUT2D eigenvalue weighted by atomic mass is 10.0. The number of anilines is 1. The molecule has 2 aromatic heterocycles. The molecule has 3 aromatic rings. The number of benzene rings is 1. The highest BCUT2D eigenvalue weighted by atomic mass is 32.2. The van der Waals surface area contributed by atoms with Crippen LogP contribution in [0.2, 0.25) is 0 Å². The molecule has 1 saturated heterocycles. The van der Waals surface area contributed by atoms with Crippen LogP contribution in [-0.2, 0) is 14.8 Å². The summed E-state index contributed by atoms with van der Waals surface area (Å²) >= 11 is 0. The molecule has 0 unspecified atom stereocenters. The van der Waals surface area contributed by atoms with Gasteiger partial charge in [-0.2, -0.15) is 0 Å². The Morgan fingerprint density at radius 1 is 1.23 bits per heavy atom. The third-order valence-corrected chi connectivity index (χ3v) is 6.96. The van der Waals surface area contributed by atoms with E-state index in [4.69, 9.17) is 0 Å². The summed E-state index contributed by atoms with van der Waals surface area (Å²) in [5.74, 6) is 0.182. The second-order valence-electron chi connectivity index (χ2n) is 7.57. The number of amides is 1. The molecule has 162 valence electrons. The zero-order chi connectivity index (χ0) is 22.2. The third kappa shape index (κ3) is 4.04. The maximum atomic E-state index is 13.1. The first-order valence-corrected chi connectivity index (χ1v) is 11.2. The topological polar surface area (TPSA) is 117 Å². The minimum Gasteiger partial charge on any atom is -0.391 e. The van der Waals surface area contributed by atoms with Crippen LogP contribution >= 0.6 is 0 Å². The number of nitrogens with one attached hydrogen (secondary N) is 1. The van der Waals surface area contributed by atoms with Crippen molar-refractivity contribution >= 4 is 32.8 Å². The molecule has 0 radical (unpaired) electrons. The Labute approximate surface area is 180 Å². The van der Waals surface area contributed by atoms with E-state index in [1.807, 2.05) is 6.92 Å². The number of likely N-dealkylation sites (tertiary alicyclic amines) is 1. The molecule has 1 aromatic carbocycles. The third-order valence-electron chi connectivity index (χ3n) is 5.28. The van der Waals surface area contributed by atoms with E-state index in [1.165, 1.54) is 23.5 Å². The summed E-state index contributed by atoms with van der Waals surface area (Å²) in [5, 5.41) is 13.9. The SMILES string of the molecule is C=CC(=O)N1C[C@@H](O)C[C@@H](Nc2ncnc3c2ccn3S(=O)(=O)c2ccc(C)cc2)C1. The fourth-order valence-electron chi connectivity index (χ4n) is 3.74. The quantitative estimate of drug-likeness (QED) is 0.577. The fourth-order valence-corrected chi connectivity index (χ4v) is 5.04. The van der Waals surface area contributed by atoms with Crippen molar-refractivity contribution in [1.29, 1.82) is 0 Å². The number of piperidine rings is 1. The van der Waals surface area contributed by atoms with Gasteiger partial charge in [-0.1, -0.05) is 24.3 Å². The molecule has 10 heteroatoms. The van der Waals surface area contributed by atoms with E-state index >= 15 is 0 Å². The van der Waals surface area contributed by atoms with Crippen molar-refractivity contribution in [3.63, 3.8) is 0 Å². The number of aliphatic hydroxyl groups is 1. The zero-order valence-electron chi connectivity index (χ0n) is 17.0. The molecule has 3 heterocycles. The summed E-state index contributed by atoms with van der Waals surface area (Å²) in [7, 11) is -3.83. The molecule has 0 bridgehead atoms. The van der Waals surface area contributed by atoms with E-state index in [1.54, 1.807) is 30.3 Å². The van der Waals surface area contributed by atoms with Crippen LogP contribution in [0.5, 0.6) is 0 Å². The number of aromatic nitrogens is 3. The standard InChI is InChI=1S/C21H23N5O4S/c1-3-19(28)25-11-15(10-16(27)12-25)24-20-18-8-9-26(21(18)23-13-22-20)31(29,30)17-6-4-14(2)5-7-17/h3-9,13,15-16,27H,1,10-12H2,2H3,(H,22,23,24)/t15-,16+/m1/s1. The summed E-state index contributed by atoms with van der Waals surface area (Å²) < 4.78 is 27.4. The predicted octanol–water partition coefficient (Wildman–Crippen LogP) is 1.54. The van der Waals surface area contributed by atoms with Crippen molar-refractivity contribution < 1.29 is 18.3 Å². The van der Waals surface area contributed by atoms with Crippen LogP contribution in [0.1, 0.15) is 12.0 Å². The lowest BCUT2D eigenvalue weighted by molar-refractivity contribution is -0.129. The molecule has 0 aliphatic carbocycles. The molecule has 1 amide bonds. The highest BCUT2D eigenvalue weighted by molar-refractivity contribution is 7.90. The van der Waals surface area contributed by atoms with E-state index in [-0.39, 0.29) is 29.0 Å². The predicted molar refractivity (Wildman–Crippen MR) is 116 cm³/mol. The second kappa shape index (κ2) is 8.12. The Morgan fingerprint density at radius 2 is 1.97 bits per heavy atom. The highest BCUT2D eigenvalue weighted by Crippen LogP contribution is 2.26. The summed E-state index contributed by atoms with van der Waals surface area (Å²) in [4.78, 5) is 22.1. The molecule has 2 N–H and O–H groups in total. The Bertz CT molecular complexity index is 1240. The molecule has 31 heavy (non-hydrogen) atoms. The Kier molecular flexibility index (Phi) is 5.50. The van der Waals surface area contributed by atoms with E-state index < -0.39 is 16.1 Å². The van der Waals surface area contributed by atoms with Crippen molar-refractivity contribution in [3.8, 4) is 0 Å². The van der Waals surface area contributed by atoms with Gasteiger partial charge < -0.3 is 15.3 Å². The van der Waals surface area contributed by atoms with Crippen molar-refractivity contribution in [2.24, 2.45) is 0 Å². The van der Waals surface area contributed by atoms with Crippen molar-refractivity contribution in [3.05, 3.63) is 61.1 Å². The molecular formula is C21H23N5O4S. The number of aryl methyl sites for hydroxylation is 1. The summed E-state index contributed by atoms with van der Waals surface area (Å²) in [5.41, 5.74) is 1.21. The summed E-state index contributed by atoms with van der Waals surface area (Å²) in [6.07, 6.45) is 3.70. The minimum absolute atomic E-state index is 0.165. The molecule has 1 aliphatic heterocycles. The van der Waals surface area contributed by atoms with Crippen molar-refractivity contribution in [1.82, 2.24) is 18.8 Å². The average Bonchev–Trinajstić information content (AvgIpc) is 3.19. The first-order chi connectivity index (χ1) is 14.8. The van der Waals surface area contributed by atoms with Crippen molar-refractivity contribution in [2.75, 3.05) is 18.4 Å². The van der Waals surface area contributed by atoms with Gasteiger partial charge in [0.25, 0.3) is 10.0 Å². The molecule has 4 rings (SSSR count). The number of aliphatic hydroxyl groups excluding tert-OH is 1. The Hall–Kier alpha value is -3.24. The van der Waals surface area contributed by atoms with Gasteiger partial charge in [-0.05, 0) is 37.6 Å². The van der Waals surface area contributed by atoms with Gasteiger partial charge in [-0.15, -0.1) is 0 Å². The normalized spacial score (nSPS) is 19.4. The average molecular weight is 442 g/mol. The first kappa shape index (κ1) is 21.0. The van der Waals surface area contributed by atoms with Gasteiger partial charge in [0.2, 0.25) is 5.91 Å². The minimum atomic E-state index is -3.83. The first-order valence-electron chi connectivity index (χ1n) is 9.80. The van der Waals surface area contributed by atoms with Gasteiger partial charge >= 0.3 is 0 Å². The van der Waals surface area contributed by atoms with Crippen LogP contribution in [0.15, 0.2) is 60.4 Å². The number of hydrogen-bond donors (Lipinski definition) is 2. The van der Waals surface area contributed by atoms with Crippen LogP contribution in [0.4, 0.5) is 5.82 Å². The van der Waals surface area contributed by atoms with Gasteiger partial charge in [0, 0.05) is 25.3 Å². The lowest BCUT2D eigenvalue weighted by Crippen LogP contribution is -2.50. The summed E-state index contributed by atoms with van der Waals surface area (Å²) in [6.45, 7) is 5.99. The maximum Gasteiger partial charge on any atom is 0.269 e. The summed E-state index contributed by atoms with van der Waals surface area (Å²) in [6, 6.07) is 7.98. The van der Waals surface area contributed by atoms with Crippen LogP contribution in [0, 0.1) is 6.92 Å². The number of β-amino-alcohol motifs (C(OH)–C–C–N with tert-alkyl or cyclic N) is 1. The fraction of sp³-hybridized carbons (Fsp3) is 0.286. The van der Waals surface area contributed by atoms with Crippen LogP contribution in [0.25, 0.3) is 11.0 Å². The number of carbonyl (C=O) groups is 1. The van der Waals surface area contributed by atoms with E-state index in [0.717, 1.165) is 9.54 Å². The number of rotatable bonds is 5. The second-order valence-corrected chi connectivity index (χ2v) is 9.38. The Morgan fingerprint density at radius 3 is 2.68 bits per heavy atom. The number of fused-ring (bicyclic) bond motifs is 1. The number of hydrogen-bond acceptors (Lipinski definition) is 7. The molecule has 9 nitrogen and oxygen atoms in total. The van der Waals surface area contributed by atoms with Crippen LogP contribution < -0.4 is 5.32 Å². The van der Waals surface area contributed by atoms with Gasteiger partial charge in [0.05, 0.1) is 16.4 Å². The lowest BCUT2D eigenvalue weighted by Gasteiger charge is -2.35. The van der Waals surface area contributed by atoms with Crippen LogP contribution in [0.3, 0.4) is 0 Å². The molecular weight excluding hydrogens is 418 g/mol. The van der Waals surface area contributed by atoms with Gasteiger partial charge in [0.1, 0.15) is 12.1 Å². The number of carbonyl (C=O) groups excluding carboxylic acids is 1. The van der Waals surface area contributed by atoms with E-state index in [0.29, 0.717) is 24.2 Å². The molecule has 2 atom stereocenters. The molecule has 0 saturated carbocycles. The maximum absolute atomic E-state index is 13.1. The van der Waals surface area contributed by atoms with E-state index in [2.05, 4.69) is 21.9 Å². The molecule has 1 fully saturated rings. The zero-order valence-corrected chi connectivity index (χ0v) is 17.8. The number of nitrogens with zero attached hydrogens (tertiary/aromatic N) is 4. The monoisotopic (exact) mass is 441 g/mol. The van der Waals surface area contributed by atoms with E-state index in [9.17, 15) is 18.3 Å². The highest BCUT2D eigenvalue weighted by Gasteiger charge is 2.29. The van der Waals surface area contributed by atoms with Crippen LogP contribution in [-0.4, -0.2) is 63.5 Å². The van der Waals surface area contributed by atoms with Gasteiger partial charge in [0.15, 0.2) is 5.65 Å². The molecule has 1 aliphatic rings. The molecule has 0 spiro atoms. The van der Waals surface area contributed by atoms with Gasteiger partial charge in [-0.25, -0.2) is 22.4 Å².